The molecule has 6 nitrogen and oxygen atoms in total. The van der Waals surface area contributed by atoms with Gasteiger partial charge in [0.25, 0.3) is 0 Å². The first kappa shape index (κ1) is 17.9. The molecule has 0 saturated heterocycles. The molecule has 0 fully saturated rings. The lowest BCUT2D eigenvalue weighted by Gasteiger charge is -2.18. The summed E-state index contributed by atoms with van der Waals surface area (Å²) in [6, 6.07) is 6.57. The Kier molecular flexibility index (Phi) is 6.26. The van der Waals surface area contributed by atoms with Crippen molar-refractivity contribution in [3.63, 3.8) is 0 Å². The Labute approximate surface area is 144 Å². The van der Waals surface area contributed by atoms with Crippen molar-refractivity contribution in [1.82, 2.24) is 9.97 Å². The summed E-state index contributed by atoms with van der Waals surface area (Å²) in [7, 11) is 0. The first-order valence-corrected chi connectivity index (χ1v) is 7.87. The van der Waals surface area contributed by atoms with Gasteiger partial charge in [-0.3, -0.25) is 9.59 Å². The van der Waals surface area contributed by atoms with Crippen LogP contribution in [0.5, 0.6) is 0 Å². The van der Waals surface area contributed by atoms with Gasteiger partial charge in [-0.15, -0.1) is 0 Å². The van der Waals surface area contributed by atoms with E-state index in [4.69, 9.17) is 21.1 Å². The first-order valence-electron chi connectivity index (χ1n) is 7.49. The summed E-state index contributed by atoms with van der Waals surface area (Å²) < 4.78 is 10.1. The molecule has 2 rings (SSSR count). The number of aromatic nitrogens is 2. The maximum atomic E-state index is 12.3. The lowest BCUT2D eigenvalue weighted by atomic mass is 9.93. The van der Waals surface area contributed by atoms with Crippen molar-refractivity contribution >= 4 is 23.5 Å². The number of benzene rings is 1. The Morgan fingerprint density at radius 2 is 1.62 bits per heavy atom. The molecule has 0 radical (unpaired) electrons. The van der Waals surface area contributed by atoms with Crippen LogP contribution in [0.1, 0.15) is 25.3 Å². The monoisotopic (exact) mass is 348 g/mol. The molecular formula is C17H17ClN2O4. The second-order valence-corrected chi connectivity index (χ2v) is 5.12. The van der Waals surface area contributed by atoms with Crippen molar-refractivity contribution in [3.8, 4) is 11.4 Å². The van der Waals surface area contributed by atoms with Crippen LogP contribution in [-0.2, 0) is 19.1 Å². The predicted octanol–water partition coefficient (Wildman–Crippen LogP) is 3.01. The van der Waals surface area contributed by atoms with E-state index in [1.54, 1.807) is 50.5 Å². The van der Waals surface area contributed by atoms with Crippen molar-refractivity contribution in [2.24, 2.45) is 0 Å². The normalized spacial score (nSPS) is 10.5. The highest BCUT2D eigenvalue weighted by Gasteiger charge is 2.34. The van der Waals surface area contributed by atoms with Gasteiger partial charge in [-0.05, 0) is 31.5 Å². The molecule has 0 bridgehead atoms. The summed E-state index contributed by atoms with van der Waals surface area (Å²) in [5.41, 5.74) is 0.761. The van der Waals surface area contributed by atoms with E-state index in [-0.39, 0.29) is 13.2 Å². The second-order valence-electron chi connectivity index (χ2n) is 4.71. The minimum absolute atomic E-state index is 0.145. The van der Waals surface area contributed by atoms with Gasteiger partial charge in [0.1, 0.15) is 0 Å². The fourth-order valence-electron chi connectivity index (χ4n) is 2.25. The van der Waals surface area contributed by atoms with Gasteiger partial charge in [-0.25, -0.2) is 9.97 Å². The third kappa shape index (κ3) is 3.89. The number of halogens is 1. The largest absolute Gasteiger partial charge is 0.465 e. The molecule has 0 N–H and O–H groups in total. The third-order valence-electron chi connectivity index (χ3n) is 3.19. The molecule has 0 unspecified atom stereocenters. The number of carbonyl (C=O) groups is 2. The highest BCUT2D eigenvalue weighted by Crippen LogP contribution is 2.34. The first-order chi connectivity index (χ1) is 11.6. The predicted molar refractivity (Wildman–Crippen MR) is 88.5 cm³/mol. The summed E-state index contributed by atoms with van der Waals surface area (Å²) in [6.45, 7) is 3.62. The van der Waals surface area contributed by atoms with E-state index in [2.05, 4.69) is 9.97 Å². The van der Waals surface area contributed by atoms with E-state index >= 15 is 0 Å². The van der Waals surface area contributed by atoms with Gasteiger partial charge in [-0.1, -0.05) is 23.7 Å². The van der Waals surface area contributed by atoms with Crippen LogP contribution in [-0.4, -0.2) is 35.1 Å². The van der Waals surface area contributed by atoms with Crippen LogP contribution in [0.4, 0.5) is 0 Å². The SMILES string of the molecule is CCOC(=O)C(C(=O)OCC)c1cccc(Cl)c1-c1ncccn1. The minimum atomic E-state index is -1.25. The zero-order valence-corrected chi connectivity index (χ0v) is 14.1. The summed E-state index contributed by atoms with van der Waals surface area (Å²) in [4.78, 5) is 33.0. The molecule has 0 amide bonds. The van der Waals surface area contributed by atoms with Crippen LogP contribution in [0, 0.1) is 0 Å². The number of hydrogen-bond donors (Lipinski definition) is 0. The summed E-state index contributed by atoms with van der Waals surface area (Å²) >= 11 is 6.29. The number of rotatable bonds is 6. The molecule has 0 aliphatic carbocycles. The Balaban J connectivity index is 2.60. The average molecular weight is 349 g/mol. The van der Waals surface area contributed by atoms with Gasteiger partial charge in [0.15, 0.2) is 11.7 Å². The smallest absolute Gasteiger partial charge is 0.324 e. The number of carbonyl (C=O) groups excluding carboxylic acids is 2. The molecular weight excluding hydrogens is 332 g/mol. The van der Waals surface area contributed by atoms with Gasteiger partial charge < -0.3 is 9.47 Å². The topological polar surface area (TPSA) is 78.4 Å². The molecule has 2 aromatic rings. The number of nitrogens with zero attached hydrogens (tertiary/aromatic N) is 2. The summed E-state index contributed by atoms with van der Waals surface area (Å²) in [5.74, 6) is -2.33. The molecule has 0 spiro atoms. The van der Waals surface area contributed by atoms with Crippen molar-refractivity contribution in [1.29, 1.82) is 0 Å². The Morgan fingerprint density at radius 3 is 2.17 bits per heavy atom. The van der Waals surface area contributed by atoms with Gasteiger partial charge in [0, 0.05) is 18.0 Å². The lowest BCUT2D eigenvalue weighted by Crippen LogP contribution is -2.27. The number of hydrogen-bond acceptors (Lipinski definition) is 6. The second kappa shape index (κ2) is 8.40. The van der Waals surface area contributed by atoms with Gasteiger partial charge >= 0.3 is 11.9 Å². The third-order valence-corrected chi connectivity index (χ3v) is 3.51. The van der Waals surface area contributed by atoms with E-state index in [0.717, 1.165) is 0 Å². The zero-order chi connectivity index (χ0) is 17.5. The number of esters is 2. The standard InChI is InChI=1S/C17H17ClN2O4/c1-3-23-16(21)14(17(22)24-4-2)11-7-5-8-12(18)13(11)15-19-9-6-10-20-15/h5-10,14H,3-4H2,1-2H3. The van der Waals surface area contributed by atoms with Crippen LogP contribution in [0.2, 0.25) is 5.02 Å². The Bertz CT molecular complexity index is 704. The van der Waals surface area contributed by atoms with Crippen molar-refractivity contribution in [2.45, 2.75) is 19.8 Å². The molecule has 0 saturated carbocycles. The quantitative estimate of drug-likeness (QED) is 0.590. The highest BCUT2D eigenvalue weighted by molar-refractivity contribution is 6.33. The maximum absolute atomic E-state index is 12.3. The molecule has 1 aromatic carbocycles. The Hall–Kier alpha value is -2.47. The van der Waals surface area contributed by atoms with Crippen LogP contribution in [0.3, 0.4) is 0 Å². The Morgan fingerprint density at radius 1 is 1.04 bits per heavy atom. The van der Waals surface area contributed by atoms with Crippen molar-refractivity contribution < 1.29 is 19.1 Å². The summed E-state index contributed by atoms with van der Waals surface area (Å²) in [6.07, 6.45) is 3.11. The lowest BCUT2D eigenvalue weighted by molar-refractivity contribution is -0.156. The molecule has 126 valence electrons. The van der Waals surface area contributed by atoms with Crippen molar-refractivity contribution in [3.05, 3.63) is 47.2 Å². The average Bonchev–Trinajstić information content (AvgIpc) is 2.56. The van der Waals surface area contributed by atoms with E-state index in [0.29, 0.717) is 22.0 Å². The molecule has 1 heterocycles. The van der Waals surface area contributed by atoms with Gasteiger partial charge in [-0.2, -0.15) is 0 Å². The zero-order valence-electron chi connectivity index (χ0n) is 13.4. The molecule has 1 aromatic heterocycles. The molecule has 0 atom stereocenters. The fraction of sp³-hybridized carbons (Fsp3) is 0.294. The molecule has 7 heteroatoms. The van der Waals surface area contributed by atoms with Crippen LogP contribution in [0.25, 0.3) is 11.4 Å². The van der Waals surface area contributed by atoms with E-state index in [1.165, 1.54) is 0 Å². The van der Waals surface area contributed by atoms with Crippen LogP contribution < -0.4 is 0 Å². The fourth-order valence-corrected chi connectivity index (χ4v) is 2.51. The highest BCUT2D eigenvalue weighted by atomic mass is 35.5. The van der Waals surface area contributed by atoms with Crippen molar-refractivity contribution in [2.75, 3.05) is 13.2 Å². The van der Waals surface area contributed by atoms with E-state index in [9.17, 15) is 9.59 Å². The number of ether oxygens (including phenoxy) is 2. The van der Waals surface area contributed by atoms with Gasteiger partial charge in [0.05, 0.1) is 18.2 Å². The van der Waals surface area contributed by atoms with Gasteiger partial charge in [0.2, 0.25) is 0 Å². The molecule has 24 heavy (non-hydrogen) atoms. The summed E-state index contributed by atoms with van der Waals surface area (Å²) in [5, 5.41) is 0.331. The van der Waals surface area contributed by atoms with Crippen LogP contribution >= 0.6 is 11.6 Å². The van der Waals surface area contributed by atoms with E-state index < -0.39 is 17.9 Å². The molecule has 0 aliphatic rings. The maximum Gasteiger partial charge on any atom is 0.324 e. The van der Waals surface area contributed by atoms with E-state index in [1.807, 2.05) is 0 Å². The van der Waals surface area contributed by atoms with Crippen LogP contribution in [0.15, 0.2) is 36.7 Å². The molecule has 0 aliphatic heterocycles. The minimum Gasteiger partial charge on any atom is -0.465 e.